The van der Waals surface area contributed by atoms with Crippen molar-refractivity contribution in [1.82, 2.24) is 0 Å². The Labute approximate surface area is 96.7 Å². The Morgan fingerprint density at radius 1 is 1.44 bits per heavy atom. The molecule has 0 bridgehead atoms. The standard InChI is InChI=1S/C13H18O3/c1-6-7-8-10(2)11(3)9-12(4)16-13(14)15-5/h6-9,11H,1-2H2,3-5H3. The summed E-state index contributed by atoms with van der Waals surface area (Å²) in [7, 11) is 1.27. The fourth-order valence-electron chi connectivity index (χ4n) is 1.01. The van der Waals surface area contributed by atoms with E-state index in [2.05, 4.69) is 17.9 Å². The van der Waals surface area contributed by atoms with Gasteiger partial charge in [-0.1, -0.05) is 38.3 Å². The average molecular weight is 222 g/mol. The number of hydrogen-bond acceptors (Lipinski definition) is 3. The largest absolute Gasteiger partial charge is 0.513 e. The average Bonchev–Trinajstić information content (AvgIpc) is 2.25. The van der Waals surface area contributed by atoms with Gasteiger partial charge in [0.15, 0.2) is 0 Å². The number of carbonyl (C=O) groups excluding carboxylic acids is 1. The Balaban J connectivity index is 4.39. The number of carbonyl (C=O) groups is 1. The van der Waals surface area contributed by atoms with Crippen molar-refractivity contribution in [2.24, 2.45) is 5.92 Å². The summed E-state index contributed by atoms with van der Waals surface area (Å²) in [5.74, 6) is 0.577. The minimum atomic E-state index is -0.715. The molecule has 1 unspecified atom stereocenters. The molecule has 0 saturated heterocycles. The minimum Gasteiger partial charge on any atom is -0.437 e. The van der Waals surface area contributed by atoms with Crippen LogP contribution in [0.2, 0.25) is 0 Å². The Bertz CT molecular complexity index is 324. The van der Waals surface area contributed by atoms with Crippen molar-refractivity contribution < 1.29 is 14.3 Å². The molecular weight excluding hydrogens is 204 g/mol. The van der Waals surface area contributed by atoms with E-state index in [1.165, 1.54) is 7.11 Å². The molecule has 3 nitrogen and oxygen atoms in total. The Hall–Kier alpha value is -1.77. The van der Waals surface area contributed by atoms with Crippen LogP contribution in [0, 0.1) is 5.92 Å². The molecule has 0 heterocycles. The normalized spacial score (nSPS) is 13.3. The molecule has 0 aromatic carbocycles. The third-order valence-corrected chi connectivity index (χ3v) is 1.93. The summed E-state index contributed by atoms with van der Waals surface area (Å²) in [6, 6.07) is 0. The lowest BCUT2D eigenvalue weighted by molar-refractivity contribution is 0.0971. The van der Waals surface area contributed by atoms with Gasteiger partial charge in [-0.05, 0) is 18.6 Å². The van der Waals surface area contributed by atoms with Crippen molar-refractivity contribution in [3.8, 4) is 0 Å². The van der Waals surface area contributed by atoms with Gasteiger partial charge >= 0.3 is 6.16 Å². The second-order valence-electron chi connectivity index (χ2n) is 3.29. The topological polar surface area (TPSA) is 35.5 Å². The fourth-order valence-corrected chi connectivity index (χ4v) is 1.01. The van der Waals surface area contributed by atoms with Crippen LogP contribution in [-0.2, 0) is 9.47 Å². The van der Waals surface area contributed by atoms with Gasteiger partial charge < -0.3 is 9.47 Å². The zero-order valence-corrected chi connectivity index (χ0v) is 10.0. The van der Waals surface area contributed by atoms with E-state index in [4.69, 9.17) is 4.74 Å². The molecule has 0 aliphatic heterocycles. The molecule has 0 fully saturated rings. The molecule has 0 rings (SSSR count). The van der Waals surface area contributed by atoms with Gasteiger partial charge in [0, 0.05) is 5.92 Å². The van der Waals surface area contributed by atoms with Gasteiger partial charge in [0.1, 0.15) is 5.76 Å². The van der Waals surface area contributed by atoms with E-state index in [9.17, 15) is 4.79 Å². The summed E-state index contributed by atoms with van der Waals surface area (Å²) in [5, 5.41) is 0. The molecule has 0 aromatic rings. The van der Waals surface area contributed by atoms with E-state index in [0.29, 0.717) is 5.76 Å². The van der Waals surface area contributed by atoms with E-state index in [-0.39, 0.29) is 5.92 Å². The molecule has 1 atom stereocenters. The molecule has 0 amide bonds. The van der Waals surface area contributed by atoms with Gasteiger partial charge in [0.2, 0.25) is 0 Å². The van der Waals surface area contributed by atoms with Crippen molar-refractivity contribution >= 4 is 6.16 Å². The summed E-state index contributed by atoms with van der Waals surface area (Å²) in [5.41, 5.74) is 0.910. The molecule has 0 aromatic heterocycles. The summed E-state index contributed by atoms with van der Waals surface area (Å²) in [4.78, 5) is 10.8. The third-order valence-electron chi connectivity index (χ3n) is 1.93. The number of rotatable bonds is 5. The molecule has 0 radical (unpaired) electrons. The highest BCUT2D eigenvalue weighted by molar-refractivity contribution is 5.61. The van der Waals surface area contributed by atoms with Crippen LogP contribution >= 0.6 is 0 Å². The van der Waals surface area contributed by atoms with Crippen molar-refractivity contribution in [2.75, 3.05) is 7.11 Å². The van der Waals surface area contributed by atoms with E-state index >= 15 is 0 Å². The van der Waals surface area contributed by atoms with Gasteiger partial charge in [-0.3, -0.25) is 0 Å². The lowest BCUT2D eigenvalue weighted by atomic mass is 10.0. The molecule has 0 spiro atoms. The van der Waals surface area contributed by atoms with Crippen LogP contribution in [0.15, 0.2) is 48.8 Å². The second kappa shape index (κ2) is 7.51. The predicted molar refractivity (Wildman–Crippen MR) is 64.9 cm³/mol. The molecule has 0 aliphatic rings. The Morgan fingerprint density at radius 3 is 2.56 bits per heavy atom. The van der Waals surface area contributed by atoms with Gasteiger partial charge in [0.05, 0.1) is 7.11 Å². The first-order valence-corrected chi connectivity index (χ1v) is 4.93. The van der Waals surface area contributed by atoms with Gasteiger partial charge in [-0.25, -0.2) is 4.79 Å². The van der Waals surface area contributed by atoms with Crippen LogP contribution < -0.4 is 0 Å². The zero-order chi connectivity index (χ0) is 12.6. The number of allylic oxidation sites excluding steroid dienone is 6. The van der Waals surface area contributed by atoms with Crippen molar-refractivity contribution in [1.29, 1.82) is 0 Å². The van der Waals surface area contributed by atoms with Crippen LogP contribution in [0.3, 0.4) is 0 Å². The zero-order valence-electron chi connectivity index (χ0n) is 10.0. The fraction of sp³-hybridized carbons (Fsp3) is 0.308. The Morgan fingerprint density at radius 2 is 2.06 bits per heavy atom. The number of ether oxygens (including phenoxy) is 2. The smallest absolute Gasteiger partial charge is 0.437 e. The molecule has 88 valence electrons. The lowest BCUT2D eigenvalue weighted by Gasteiger charge is -2.08. The van der Waals surface area contributed by atoms with Gasteiger partial charge in [-0.15, -0.1) is 0 Å². The van der Waals surface area contributed by atoms with E-state index in [0.717, 1.165) is 5.57 Å². The molecule has 16 heavy (non-hydrogen) atoms. The predicted octanol–water partition coefficient (Wildman–Crippen LogP) is 3.61. The summed E-state index contributed by atoms with van der Waals surface area (Å²) in [6.07, 6.45) is 6.43. The van der Waals surface area contributed by atoms with E-state index in [1.54, 1.807) is 19.1 Å². The molecule has 3 heteroatoms. The van der Waals surface area contributed by atoms with Crippen LogP contribution in [0.25, 0.3) is 0 Å². The monoisotopic (exact) mass is 222 g/mol. The molecular formula is C13H18O3. The van der Waals surface area contributed by atoms with E-state index < -0.39 is 6.16 Å². The van der Waals surface area contributed by atoms with E-state index in [1.807, 2.05) is 19.1 Å². The van der Waals surface area contributed by atoms with Crippen molar-refractivity contribution in [2.45, 2.75) is 13.8 Å². The summed E-state index contributed by atoms with van der Waals surface area (Å²) >= 11 is 0. The second-order valence-corrected chi connectivity index (χ2v) is 3.29. The third kappa shape index (κ3) is 5.86. The van der Waals surface area contributed by atoms with Crippen LogP contribution in [0.1, 0.15) is 13.8 Å². The summed E-state index contributed by atoms with van der Waals surface area (Å²) < 4.78 is 9.22. The molecule has 0 aliphatic carbocycles. The SMILES string of the molecule is C=CC=CC(=C)C(C)C=C(C)OC(=O)OC. The maximum absolute atomic E-state index is 10.8. The van der Waals surface area contributed by atoms with Crippen LogP contribution in [0.5, 0.6) is 0 Å². The van der Waals surface area contributed by atoms with Crippen molar-refractivity contribution in [3.05, 3.63) is 48.8 Å². The first kappa shape index (κ1) is 14.2. The summed E-state index contributed by atoms with van der Waals surface area (Å²) in [6.45, 7) is 11.1. The van der Waals surface area contributed by atoms with Gasteiger partial charge in [0.25, 0.3) is 0 Å². The number of methoxy groups -OCH3 is 1. The first-order chi connectivity index (χ1) is 7.51. The van der Waals surface area contributed by atoms with Crippen LogP contribution in [-0.4, -0.2) is 13.3 Å². The van der Waals surface area contributed by atoms with Crippen molar-refractivity contribution in [3.63, 3.8) is 0 Å². The maximum atomic E-state index is 10.8. The highest BCUT2D eigenvalue weighted by Crippen LogP contribution is 2.14. The highest BCUT2D eigenvalue weighted by Gasteiger charge is 2.05. The lowest BCUT2D eigenvalue weighted by Crippen LogP contribution is -2.03. The molecule has 0 saturated carbocycles. The van der Waals surface area contributed by atoms with Crippen LogP contribution in [0.4, 0.5) is 4.79 Å². The van der Waals surface area contributed by atoms with Gasteiger partial charge in [-0.2, -0.15) is 0 Å². The quantitative estimate of drug-likeness (QED) is 0.405. The number of hydrogen-bond donors (Lipinski definition) is 0. The molecule has 0 N–H and O–H groups in total. The minimum absolute atomic E-state index is 0.0841. The highest BCUT2D eigenvalue weighted by atomic mass is 16.7. The Kier molecular flexibility index (Phi) is 6.68. The first-order valence-electron chi connectivity index (χ1n) is 4.93. The maximum Gasteiger partial charge on any atom is 0.513 e.